The van der Waals surface area contributed by atoms with Crippen LogP contribution in [0.1, 0.15) is 41.0 Å². The minimum absolute atomic E-state index is 0.164. The van der Waals surface area contributed by atoms with E-state index in [4.69, 9.17) is 16.3 Å². The lowest BCUT2D eigenvalue weighted by Gasteiger charge is -2.14. The van der Waals surface area contributed by atoms with Crippen LogP contribution in [0, 0.1) is 19.7 Å². The molecule has 0 bridgehead atoms. The molecule has 0 radical (unpaired) electrons. The van der Waals surface area contributed by atoms with Crippen LogP contribution in [0.5, 0.6) is 5.75 Å². The fourth-order valence-corrected chi connectivity index (χ4v) is 2.56. The van der Waals surface area contributed by atoms with Crippen LogP contribution in [0.2, 0.25) is 0 Å². The Morgan fingerprint density at radius 2 is 1.76 bits per heavy atom. The highest BCUT2D eigenvalue weighted by molar-refractivity contribution is 6.22. The number of benzene rings is 2. The lowest BCUT2D eigenvalue weighted by molar-refractivity contribution is 0.317. The third kappa shape index (κ3) is 3.76. The number of hydrogen-bond acceptors (Lipinski definition) is 1. The Balaban J connectivity index is 2.29. The van der Waals surface area contributed by atoms with E-state index in [9.17, 15) is 4.39 Å². The predicted octanol–water partition coefficient (Wildman–Crippen LogP) is 5.56. The summed E-state index contributed by atoms with van der Waals surface area (Å²) in [5.74, 6) is 0.651. The molecule has 2 aromatic rings. The highest BCUT2D eigenvalue weighted by atomic mass is 35.5. The first-order chi connectivity index (χ1) is 10.0. The first kappa shape index (κ1) is 15.8. The van der Waals surface area contributed by atoms with Crippen molar-refractivity contribution in [3.63, 3.8) is 0 Å². The summed E-state index contributed by atoms with van der Waals surface area (Å²) in [4.78, 5) is 0. The molecule has 1 atom stereocenters. The Morgan fingerprint density at radius 1 is 1.10 bits per heavy atom. The molecular weight excluding hydrogens is 287 g/mol. The molecule has 2 rings (SSSR count). The van der Waals surface area contributed by atoms with Gasteiger partial charge in [0.1, 0.15) is 11.6 Å². The van der Waals surface area contributed by atoms with Gasteiger partial charge in [-0.3, -0.25) is 0 Å². The fraction of sp³-hybridized carbons (Fsp3) is 0.333. The molecule has 21 heavy (non-hydrogen) atoms. The highest BCUT2D eigenvalue weighted by Crippen LogP contribution is 2.32. The molecule has 2 aromatic carbocycles. The van der Waals surface area contributed by atoms with E-state index in [0.29, 0.717) is 17.7 Å². The number of alkyl halides is 1. The summed E-state index contributed by atoms with van der Waals surface area (Å²) in [5.41, 5.74) is 3.10. The monoisotopic (exact) mass is 306 g/mol. The number of aryl methyl sites for hydroxylation is 2. The molecule has 1 nitrogen and oxygen atoms in total. The molecule has 0 spiro atoms. The van der Waals surface area contributed by atoms with E-state index in [1.54, 1.807) is 26.0 Å². The summed E-state index contributed by atoms with van der Waals surface area (Å²) in [5, 5.41) is -0.312. The Morgan fingerprint density at radius 3 is 2.38 bits per heavy atom. The van der Waals surface area contributed by atoms with Crippen LogP contribution in [-0.2, 0) is 0 Å². The molecule has 0 aliphatic rings. The van der Waals surface area contributed by atoms with Crippen LogP contribution >= 0.6 is 11.6 Å². The lowest BCUT2D eigenvalue weighted by atomic mass is 9.99. The maximum absolute atomic E-state index is 13.7. The second-order valence-electron chi connectivity index (χ2n) is 5.25. The third-order valence-electron chi connectivity index (χ3n) is 3.38. The molecule has 0 fully saturated rings. The standard InChI is InChI=1S/C18H20ClFO/c1-4-8-21-16-7-5-6-14(11-16)17(19)15-9-12(2)18(20)13(3)10-15/h5-7,9-11,17H,4,8H2,1-3H3. The smallest absolute Gasteiger partial charge is 0.129 e. The fourth-order valence-electron chi connectivity index (χ4n) is 2.30. The van der Waals surface area contributed by atoms with E-state index >= 15 is 0 Å². The zero-order chi connectivity index (χ0) is 15.4. The van der Waals surface area contributed by atoms with Gasteiger partial charge in [-0.05, 0) is 54.7 Å². The molecular formula is C18H20ClFO. The number of halogens is 2. The number of rotatable bonds is 5. The second-order valence-corrected chi connectivity index (χ2v) is 5.69. The van der Waals surface area contributed by atoms with Crippen LogP contribution < -0.4 is 4.74 Å². The van der Waals surface area contributed by atoms with Gasteiger partial charge >= 0.3 is 0 Å². The quantitative estimate of drug-likeness (QED) is 0.657. The van der Waals surface area contributed by atoms with E-state index in [-0.39, 0.29) is 11.2 Å². The van der Waals surface area contributed by atoms with Crippen molar-refractivity contribution in [3.8, 4) is 5.75 Å². The van der Waals surface area contributed by atoms with Crippen LogP contribution in [-0.4, -0.2) is 6.61 Å². The van der Waals surface area contributed by atoms with Crippen LogP contribution in [0.3, 0.4) is 0 Å². The molecule has 0 aliphatic heterocycles. The maximum atomic E-state index is 13.7. The first-order valence-corrected chi connectivity index (χ1v) is 7.60. The van der Waals surface area contributed by atoms with E-state index < -0.39 is 0 Å². The maximum Gasteiger partial charge on any atom is 0.129 e. The van der Waals surface area contributed by atoms with Crippen molar-refractivity contribution in [2.75, 3.05) is 6.61 Å². The molecule has 0 saturated heterocycles. The van der Waals surface area contributed by atoms with Gasteiger partial charge in [0, 0.05) is 0 Å². The van der Waals surface area contributed by atoms with Gasteiger partial charge in [0.05, 0.1) is 12.0 Å². The molecule has 0 aliphatic carbocycles. The highest BCUT2D eigenvalue weighted by Gasteiger charge is 2.14. The summed E-state index contributed by atoms with van der Waals surface area (Å²) in [6, 6.07) is 11.4. The molecule has 0 heterocycles. The molecule has 0 aromatic heterocycles. The van der Waals surface area contributed by atoms with Crippen molar-refractivity contribution in [2.45, 2.75) is 32.6 Å². The topological polar surface area (TPSA) is 9.23 Å². The van der Waals surface area contributed by atoms with Gasteiger partial charge in [0.15, 0.2) is 0 Å². The SMILES string of the molecule is CCCOc1cccc(C(Cl)c2cc(C)c(F)c(C)c2)c1. The van der Waals surface area contributed by atoms with Gasteiger partial charge in [0.2, 0.25) is 0 Å². The Hall–Kier alpha value is -1.54. The molecule has 1 unspecified atom stereocenters. The van der Waals surface area contributed by atoms with Crippen LogP contribution in [0.15, 0.2) is 36.4 Å². The van der Waals surface area contributed by atoms with Crippen molar-refractivity contribution in [1.82, 2.24) is 0 Å². The molecule has 0 amide bonds. The van der Waals surface area contributed by atoms with Crippen molar-refractivity contribution in [1.29, 1.82) is 0 Å². The first-order valence-electron chi connectivity index (χ1n) is 7.16. The third-order valence-corrected chi connectivity index (χ3v) is 3.88. The Labute approximate surface area is 130 Å². The van der Waals surface area contributed by atoms with Gasteiger partial charge in [0.25, 0.3) is 0 Å². The van der Waals surface area contributed by atoms with Gasteiger partial charge in [-0.15, -0.1) is 11.6 Å². The predicted molar refractivity (Wildman–Crippen MR) is 85.8 cm³/mol. The molecule has 112 valence electrons. The van der Waals surface area contributed by atoms with Crippen LogP contribution in [0.4, 0.5) is 4.39 Å². The normalized spacial score (nSPS) is 12.2. The van der Waals surface area contributed by atoms with E-state index in [1.165, 1.54) is 0 Å². The lowest BCUT2D eigenvalue weighted by Crippen LogP contribution is -1.99. The van der Waals surface area contributed by atoms with Gasteiger partial charge in [-0.1, -0.05) is 31.2 Å². The minimum atomic E-state index is -0.312. The van der Waals surface area contributed by atoms with Gasteiger partial charge in [-0.25, -0.2) is 4.39 Å². The second kappa shape index (κ2) is 6.95. The summed E-state index contributed by atoms with van der Waals surface area (Å²) < 4.78 is 19.3. The Bertz CT molecular complexity index is 601. The zero-order valence-corrected chi connectivity index (χ0v) is 13.4. The summed E-state index contributed by atoms with van der Waals surface area (Å²) in [6.07, 6.45) is 0.963. The van der Waals surface area contributed by atoms with Crippen molar-refractivity contribution >= 4 is 11.6 Å². The summed E-state index contributed by atoms with van der Waals surface area (Å²) >= 11 is 6.56. The number of ether oxygens (including phenoxy) is 1. The minimum Gasteiger partial charge on any atom is -0.494 e. The summed E-state index contributed by atoms with van der Waals surface area (Å²) in [6.45, 7) is 6.27. The average molecular weight is 307 g/mol. The van der Waals surface area contributed by atoms with E-state index in [0.717, 1.165) is 23.3 Å². The van der Waals surface area contributed by atoms with Crippen molar-refractivity contribution in [3.05, 3.63) is 64.5 Å². The van der Waals surface area contributed by atoms with Crippen molar-refractivity contribution < 1.29 is 9.13 Å². The average Bonchev–Trinajstić information content (AvgIpc) is 2.49. The van der Waals surface area contributed by atoms with Gasteiger partial charge < -0.3 is 4.74 Å². The number of hydrogen-bond donors (Lipinski definition) is 0. The zero-order valence-electron chi connectivity index (χ0n) is 12.6. The van der Waals surface area contributed by atoms with Crippen molar-refractivity contribution in [2.24, 2.45) is 0 Å². The largest absolute Gasteiger partial charge is 0.494 e. The Kier molecular flexibility index (Phi) is 5.24. The molecule has 0 saturated carbocycles. The van der Waals surface area contributed by atoms with E-state index in [1.807, 2.05) is 24.3 Å². The molecule has 3 heteroatoms. The van der Waals surface area contributed by atoms with E-state index in [2.05, 4.69) is 6.92 Å². The van der Waals surface area contributed by atoms with Gasteiger partial charge in [-0.2, -0.15) is 0 Å². The summed E-state index contributed by atoms with van der Waals surface area (Å²) in [7, 11) is 0. The van der Waals surface area contributed by atoms with Crippen LogP contribution in [0.25, 0.3) is 0 Å². The molecule has 0 N–H and O–H groups in total.